The molecule has 3 heteroatoms. The summed E-state index contributed by atoms with van der Waals surface area (Å²) < 4.78 is 5.09. The fraction of sp³-hybridized carbons (Fsp3) is 0.111. The fourth-order valence-electron chi connectivity index (χ4n) is 2.24. The summed E-state index contributed by atoms with van der Waals surface area (Å²) in [4.78, 5) is 0. The largest absolute Gasteiger partial charge is 0.361 e. The molecule has 0 atom stereocenters. The number of nitrogens with zero attached hydrogens (tertiary/aromatic N) is 2. The SMILES string of the molecule is Cc1cc(-c2ccc(-c3ccc(CC#N)cc3)cc2)no1. The number of benzene rings is 2. The molecule has 0 aliphatic rings. The minimum atomic E-state index is 0.449. The Morgan fingerprint density at radius 3 is 2.05 bits per heavy atom. The van der Waals surface area contributed by atoms with Crippen LogP contribution in [0.1, 0.15) is 11.3 Å². The smallest absolute Gasteiger partial charge is 0.134 e. The lowest BCUT2D eigenvalue weighted by Crippen LogP contribution is -1.83. The molecule has 0 saturated carbocycles. The summed E-state index contributed by atoms with van der Waals surface area (Å²) in [6, 6.07) is 20.4. The number of aromatic nitrogens is 1. The predicted molar refractivity (Wildman–Crippen MR) is 81.4 cm³/mol. The number of hydrogen-bond acceptors (Lipinski definition) is 3. The Labute approximate surface area is 123 Å². The van der Waals surface area contributed by atoms with Crippen LogP contribution in [0.3, 0.4) is 0 Å². The van der Waals surface area contributed by atoms with E-state index in [1.54, 1.807) is 0 Å². The molecule has 0 fully saturated rings. The summed E-state index contributed by atoms with van der Waals surface area (Å²) in [5.41, 5.74) is 5.21. The molecule has 21 heavy (non-hydrogen) atoms. The molecule has 0 N–H and O–H groups in total. The highest BCUT2D eigenvalue weighted by molar-refractivity contribution is 5.68. The van der Waals surface area contributed by atoms with Crippen LogP contribution in [0.25, 0.3) is 22.4 Å². The van der Waals surface area contributed by atoms with Gasteiger partial charge < -0.3 is 4.52 Å². The van der Waals surface area contributed by atoms with Crippen LogP contribution in [0.4, 0.5) is 0 Å². The first-order valence-electron chi connectivity index (χ1n) is 6.76. The van der Waals surface area contributed by atoms with E-state index < -0.39 is 0 Å². The topological polar surface area (TPSA) is 49.8 Å². The molecular formula is C18H14N2O. The van der Waals surface area contributed by atoms with Crippen LogP contribution in [0.5, 0.6) is 0 Å². The van der Waals surface area contributed by atoms with Crippen molar-refractivity contribution in [2.75, 3.05) is 0 Å². The Bertz CT molecular complexity index is 777. The first kappa shape index (κ1) is 13.1. The van der Waals surface area contributed by atoms with Crippen LogP contribution in [0.15, 0.2) is 59.1 Å². The third-order valence-corrected chi connectivity index (χ3v) is 3.38. The third-order valence-electron chi connectivity index (χ3n) is 3.38. The Morgan fingerprint density at radius 1 is 0.952 bits per heavy atom. The van der Waals surface area contributed by atoms with Gasteiger partial charge in [0, 0.05) is 11.6 Å². The molecular weight excluding hydrogens is 260 g/mol. The van der Waals surface area contributed by atoms with Gasteiger partial charge in [0.2, 0.25) is 0 Å². The molecule has 0 aliphatic heterocycles. The molecule has 0 amide bonds. The zero-order valence-corrected chi connectivity index (χ0v) is 11.7. The molecule has 0 saturated heterocycles. The molecule has 102 valence electrons. The number of nitriles is 1. The molecule has 3 nitrogen and oxygen atoms in total. The van der Waals surface area contributed by atoms with Crippen molar-refractivity contribution in [2.45, 2.75) is 13.3 Å². The average molecular weight is 274 g/mol. The maximum atomic E-state index is 8.68. The molecule has 1 heterocycles. The van der Waals surface area contributed by atoms with Crippen LogP contribution in [0.2, 0.25) is 0 Å². The van der Waals surface area contributed by atoms with E-state index in [2.05, 4.69) is 23.4 Å². The van der Waals surface area contributed by atoms with Gasteiger partial charge in [-0.05, 0) is 23.6 Å². The Hall–Kier alpha value is -2.86. The highest BCUT2D eigenvalue weighted by Gasteiger charge is 2.04. The average Bonchev–Trinajstić information content (AvgIpc) is 2.95. The predicted octanol–water partition coefficient (Wildman–Crippen LogP) is 4.38. The van der Waals surface area contributed by atoms with Gasteiger partial charge in [-0.1, -0.05) is 53.7 Å². The second kappa shape index (κ2) is 5.64. The minimum absolute atomic E-state index is 0.449. The number of aryl methyl sites for hydroxylation is 1. The van der Waals surface area contributed by atoms with Gasteiger partial charge in [-0.15, -0.1) is 0 Å². The monoisotopic (exact) mass is 274 g/mol. The molecule has 3 aromatic rings. The van der Waals surface area contributed by atoms with Gasteiger partial charge in [0.05, 0.1) is 12.5 Å². The highest BCUT2D eigenvalue weighted by atomic mass is 16.5. The fourth-order valence-corrected chi connectivity index (χ4v) is 2.24. The number of rotatable bonds is 3. The van der Waals surface area contributed by atoms with Crippen molar-refractivity contribution in [1.29, 1.82) is 5.26 Å². The molecule has 0 bridgehead atoms. The second-order valence-corrected chi connectivity index (χ2v) is 4.93. The summed E-state index contributed by atoms with van der Waals surface area (Å²) in [6.07, 6.45) is 0.449. The molecule has 0 spiro atoms. The van der Waals surface area contributed by atoms with Crippen LogP contribution < -0.4 is 0 Å². The van der Waals surface area contributed by atoms with Crippen LogP contribution in [0, 0.1) is 18.3 Å². The second-order valence-electron chi connectivity index (χ2n) is 4.93. The highest BCUT2D eigenvalue weighted by Crippen LogP contribution is 2.25. The summed E-state index contributed by atoms with van der Waals surface area (Å²) >= 11 is 0. The van der Waals surface area contributed by atoms with E-state index in [1.165, 1.54) is 0 Å². The first-order valence-corrected chi connectivity index (χ1v) is 6.76. The lowest BCUT2D eigenvalue weighted by atomic mass is 10.0. The normalized spacial score (nSPS) is 10.3. The van der Waals surface area contributed by atoms with Crippen molar-refractivity contribution >= 4 is 0 Å². The van der Waals surface area contributed by atoms with Crippen LogP contribution in [-0.2, 0) is 6.42 Å². The van der Waals surface area contributed by atoms with Gasteiger partial charge in [0.1, 0.15) is 11.5 Å². The maximum absolute atomic E-state index is 8.68. The van der Waals surface area contributed by atoms with Crippen molar-refractivity contribution in [2.24, 2.45) is 0 Å². The summed E-state index contributed by atoms with van der Waals surface area (Å²) in [5.74, 6) is 0.808. The van der Waals surface area contributed by atoms with Crippen molar-refractivity contribution < 1.29 is 4.52 Å². The van der Waals surface area contributed by atoms with E-state index in [-0.39, 0.29) is 0 Å². The van der Waals surface area contributed by atoms with Gasteiger partial charge in [0.15, 0.2) is 0 Å². The molecule has 0 aliphatic carbocycles. The molecule has 3 rings (SSSR count). The standard InChI is InChI=1S/C18H14N2O/c1-13-12-18(20-21-13)17-8-6-16(7-9-17)15-4-2-14(3-5-15)10-11-19/h2-9,12H,10H2,1H3. The van der Waals surface area contributed by atoms with E-state index in [1.807, 2.05) is 49.4 Å². The van der Waals surface area contributed by atoms with Crippen molar-refractivity contribution in [3.63, 3.8) is 0 Å². The lowest BCUT2D eigenvalue weighted by Gasteiger charge is -2.04. The Kier molecular flexibility index (Phi) is 3.53. The van der Waals surface area contributed by atoms with Crippen LogP contribution in [-0.4, -0.2) is 5.16 Å². The molecule has 1 aromatic heterocycles. The third kappa shape index (κ3) is 2.85. The molecule has 0 radical (unpaired) electrons. The molecule has 2 aromatic carbocycles. The number of hydrogen-bond donors (Lipinski definition) is 0. The van der Waals surface area contributed by atoms with E-state index in [4.69, 9.17) is 9.78 Å². The van der Waals surface area contributed by atoms with Gasteiger partial charge in [0.25, 0.3) is 0 Å². The summed E-state index contributed by atoms with van der Waals surface area (Å²) in [7, 11) is 0. The zero-order chi connectivity index (χ0) is 14.7. The van der Waals surface area contributed by atoms with E-state index in [0.717, 1.165) is 33.7 Å². The van der Waals surface area contributed by atoms with E-state index in [9.17, 15) is 0 Å². The Balaban J connectivity index is 1.85. The van der Waals surface area contributed by atoms with Crippen molar-refractivity contribution in [3.05, 3.63) is 65.9 Å². The zero-order valence-electron chi connectivity index (χ0n) is 11.7. The Morgan fingerprint density at radius 2 is 1.52 bits per heavy atom. The van der Waals surface area contributed by atoms with Crippen molar-refractivity contribution in [3.8, 4) is 28.5 Å². The minimum Gasteiger partial charge on any atom is -0.361 e. The molecule has 0 unspecified atom stereocenters. The van der Waals surface area contributed by atoms with Gasteiger partial charge >= 0.3 is 0 Å². The van der Waals surface area contributed by atoms with Crippen molar-refractivity contribution in [1.82, 2.24) is 5.16 Å². The first-order chi connectivity index (χ1) is 10.3. The van der Waals surface area contributed by atoms with E-state index >= 15 is 0 Å². The lowest BCUT2D eigenvalue weighted by molar-refractivity contribution is 0.399. The van der Waals surface area contributed by atoms with Gasteiger partial charge in [-0.25, -0.2) is 0 Å². The quantitative estimate of drug-likeness (QED) is 0.712. The maximum Gasteiger partial charge on any atom is 0.134 e. The summed E-state index contributed by atoms with van der Waals surface area (Å²) in [6.45, 7) is 1.88. The van der Waals surface area contributed by atoms with E-state index in [0.29, 0.717) is 6.42 Å². The van der Waals surface area contributed by atoms with Crippen LogP contribution >= 0.6 is 0 Å². The van der Waals surface area contributed by atoms with Gasteiger partial charge in [-0.3, -0.25) is 0 Å². The van der Waals surface area contributed by atoms with Gasteiger partial charge in [-0.2, -0.15) is 5.26 Å². The summed E-state index contributed by atoms with van der Waals surface area (Å²) in [5, 5.41) is 12.7.